The van der Waals surface area contributed by atoms with Crippen molar-refractivity contribution in [3.05, 3.63) is 29.8 Å². The molecule has 0 aliphatic heterocycles. The lowest BCUT2D eigenvalue weighted by atomic mass is 9.79. The third-order valence-electron chi connectivity index (χ3n) is 5.23. The summed E-state index contributed by atoms with van der Waals surface area (Å²) in [6.45, 7) is 12.3. The van der Waals surface area contributed by atoms with Gasteiger partial charge in [0.25, 0.3) is 0 Å². The summed E-state index contributed by atoms with van der Waals surface area (Å²) in [5.41, 5.74) is -0.869. The Hall–Kier alpha value is -0.903. The van der Waals surface area contributed by atoms with Crippen LogP contribution in [0.25, 0.3) is 0 Å². The number of nitrogens with two attached hydrogens (primary N) is 1. The standard InChI is InChI=1S/C18H30F3NO3SSi/c1-16(2,3)27(6,7)25-15(18(19,20)21)12-17(4,5)13-10-8-9-11-14(13)26(22,23)24/h8-11,15H,12H2,1-7H3,(H2,22,23,24). The van der Waals surface area contributed by atoms with Crippen molar-refractivity contribution in [2.45, 2.75) is 81.8 Å². The maximum absolute atomic E-state index is 13.8. The average molecular weight is 426 g/mol. The second kappa shape index (κ2) is 7.49. The number of hydrogen-bond donors (Lipinski definition) is 1. The highest BCUT2D eigenvalue weighted by atomic mass is 32.2. The van der Waals surface area contributed by atoms with Gasteiger partial charge in [0.05, 0.1) is 4.90 Å². The van der Waals surface area contributed by atoms with Gasteiger partial charge in [0.15, 0.2) is 8.32 Å². The molecule has 9 heteroatoms. The number of sulfonamides is 1. The molecule has 0 spiro atoms. The maximum atomic E-state index is 13.8. The zero-order chi connectivity index (χ0) is 21.5. The van der Waals surface area contributed by atoms with E-state index in [1.54, 1.807) is 33.0 Å². The monoisotopic (exact) mass is 425 g/mol. The molecule has 1 aromatic rings. The number of hydrogen-bond acceptors (Lipinski definition) is 3. The molecule has 27 heavy (non-hydrogen) atoms. The topological polar surface area (TPSA) is 69.4 Å². The van der Waals surface area contributed by atoms with Crippen LogP contribution in [0.4, 0.5) is 13.2 Å². The molecule has 0 heterocycles. The molecule has 0 aliphatic rings. The van der Waals surface area contributed by atoms with Crippen LogP contribution < -0.4 is 5.14 Å². The number of halogens is 3. The Morgan fingerprint density at radius 1 is 1.07 bits per heavy atom. The molecule has 2 N–H and O–H groups in total. The minimum absolute atomic E-state index is 0.164. The van der Waals surface area contributed by atoms with Crippen molar-refractivity contribution in [1.29, 1.82) is 0 Å². The zero-order valence-corrected chi connectivity index (χ0v) is 18.8. The molecule has 0 aromatic heterocycles. The molecule has 0 amide bonds. The number of rotatable bonds is 6. The summed E-state index contributed by atoms with van der Waals surface area (Å²) in [5.74, 6) is 0. The van der Waals surface area contributed by atoms with E-state index in [1.165, 1.54) is 18.2 Å². The van der Waals surface area contributed by atoms with Gasteiger partial charge >= 0.3 is 6.18 Å². The van der Waals surface area contributed by atoms with Crippen LogP contribution in [-0.2, 0) is 19.9 Å². The molecule has 0 aliphatic carbocycles. The first kappa shape index (κ1) is 24.1. The molecule has 1 unspecified atom stereocenters. The van der Waals surface area contributed by atoms with E-state index in [0.29, 0.717) is 0 Å². The highest BCUT2D eigenvalue weighted by Gasteiger charge is 2.50. The minimum Gasteiger partial charge on any atom is -0.405 e. The molecule has 0 radical (unpaired) electrons. The van der Waals surface area contributed by atoms with Crippen LogP contribution in [0.2, 0.25) is 18.1 Å². The molecule has 4 nitrogen and oxygen atoms in total. The van der Waals surface area contributed by atoms with E-state index in [-0.39, 0.29) is 15.5 Å². The van der Waals surface area contributed by atoms with Crippen LogP contribution >= 0.6 is 0 Å². The fourth-order valence-electron chi connectivity index (χ4n) is 2.60. The molecule has 0 bridgehead atoms. The Balaban J connectivity index is 3.35. The number of primary sulfonamides is 1. The Kier molecular flexibility index (Phi) is 6.70. The molecule has 1 atom stereocenters. The highest BCUT2D eigenvalue weighted by molar-refractivity contribution is 7.89. The van der Waals surface area contributed by atoms with Gasteiger partial charge in [-0.05, 0) is 41.6 Å². The Labute approximate surface area is 161 Å². The van der Waals surface area contributed by atoms with Gasteiger partial charge < -0.3 is 4.43 Å². The van der Waals surface area contributed by atoms with Gasteiger partial charge in [-0.25, -0.2) is 13.6 Å². The van der Waals surface area contributed by atoms with E-state index in [2.05, 4.69) is 0 Å². The fraction of sp³-hybridized carbons (Fsp3) is 0.667. The summed E-state index contributed by atoms with van der Waals surface area (Å²) >= 11 is 0. The largest absolute Gasteiger partial charge is 0.413 e. The first-order chi connectivity index (χ1) is 11.8. The highest BCUT2D eigenvalue weighted by Crippen LogP contribution is 2.43. The summed E-state index contributed by atoms with van der Waals surface area (Å²) in [6, 6.07) is 5.89. The summed E-state index contributed by atoms with van der Waals surface area (Å²) in [4.78, 5) is -0.164. The molecule has 0 saturated heterocycles. The molecule has 1 aromatic carbocycles. The second-order valence-electron chi connectivity index (χ2n) is 9.04. The number of alkyl halides is 3. The van der Waals surface area contributed by atoms with E-state index in [0.717, 1.165) is 0 Å². The predicted molar refractivity (Wildman–Crippen MR) is 104 cm³/mol. The molecule has 0 saturated carbocycles. The van der Waals surface area contributed by atoms with Gasteiger partial charge in [0.1, 0.15) is 6.10 Å². The minimum atomic E-state index is -4.57. The van der Waals surface area contributed by atoms with Crippen molar-refractivity contribution < 1.29 is 26.0 Å². The van der Waals surface area contributed by atoms with Gasteiger partial charge in [-0.3, -0.25) is 0 Å². The predicted octanol–water partition coefficient (Wildman–Crippen LogP) is 4.95. The van der Waals surface area contributed by atoms with Crippen molar-refractivity contribution in [3.63, 3.8) is 0 Å². The van der Waals surface area contributed by atoms with Crippen molar-refractivity contribution >= 4 is 18.3 Å². The van der Waals surface area contributed by atoms with Crippen molar-refractivity contribution in [2.24, 2.45) is 5.14 Å². The zero-order valence-electron chi connectivity index (χ0n) is 16.9. The van der Waals surface area contributed by atoms with Gasteiger partial charge in [-0.1, -0.05) is 52.8 Å². The van der Waals surface area contributed by atoms with Crippen LogP contribution in [0.15, 0.2) is 29.2 Å². The second-order valence-corrected chi connectivity index (χ2v) is 15.3. The van der Waals surface area contributed by atoms with E-state index < -0.39 is 42.5 Å². The Morgan fingerprint density at radius 3 is 1.96 bits per heavy atom. The van der Waals surface area contributed by atoms with E-state index in [4.69, 9.17) is 9.56 Å². The SMILES string of the molecule is CC(C)(CC(O[Si](C)(C)C(C)(C)C)C(F)(F)F)c1ccccc1S(N)(=O)=O. The third kappa shape index (κ3) is 6.04. The third-order valence-corrected chi connectivity index (χ3v) is 10.7. The van der Waals surface area contributed by atoms with Crippen LogP contribution in [0.1, 0.15) is 46.6 Å². The van der Waals surface area contributed by atoms with Crippen molar-refractivity contribution in [1.82, 2.24) is 0 Å². The Bertz CT molecular complexity index is 769. The molecule has 1 rings (SSSR count). The lowest BCUT2D eigenvalue weighted by Crippen LogP contribution is -2.49. The molecule has 156 valence electrons. The van der Waals surface area contributed by atoms with Crippen LogP contribution in [0.5, 0.6) is 0 Å². The van der Waals surface area contributed by atoms with Crippen LogP contribution in [0.3, 0.4) is 0 Å². The summed E-state index contributed by atoms with van der Waals surface area (Å²) < 4.78 is 70.8. The summed E-state index contributed by atoms with van der Waals surface area (Å²) in [6.07, 6.45) is -6.97. The van der Waals surface area contributed by atoms with Gasteiger partial charge in [0.2, 0.25) is 10.0 Å². The van der Waals surface area contributed by atoms with E-state index in [1.807, 2.05) is 20.8 Å². The maximum Gasteiger partial charge on any atom is 0.413 e. The molecular weight excluding hydrogens is 395 g/mol. The van der Waals surface area contributed by atoms with Gasteiger partial charge in [-0.15, -0.1) is 0 Å². The van der Waals surface area contributed by atoms with Crippen LogP contribution in [0, 0.1) is 0 Å². The van der Waals surface area contributed by atoms with Gasteiger partial charge in [0, 0.05) is 0 Å². The first-order valence-corrected chi connectivity index (χ1v) is 13.1. The lowest BCUT2D eigenvalue weighted by molar-refractivity contribution is -0.203. The quantitative estimate of drug-likeness (QED) is 0.655. The van der Waals surface area contributed by atoms with Crippen molar-refractivity contribution in [2.75, 3.05) is 0 Å². The fourth-order valence-corrected chi connectivity index (χ4v) is 4.80. The van der Waals surface area contributed by atoms with Gasteiger partial charge in [-0.2, -0.15) is 13.2 Å². The number of benzene rings is 1. The van der Waals surface area contributed by atoms with E-state index >= 15 is 0 Å². The Morgan fingerprint density at radius 2 is 1.56 bits per heavy atom. The normalized spacial score (nSPS) is 15.7. The van der Waals surface area contributed by atoms with Crippen LogP contribution in [-0.4, -0.2) is 29.0 Å². The lowest BCUT2D eigenvalue weighted by Gasteiger charge is -2.41. The summed E-state index contributed by atoms with van der Waals surface area (Å²) in [7, 11) is -6.75. The first-order valence-electron chi connectivity index (χ1n) is 8.66. The molecular formula is C18H30F3NO3SSi. The van der Waals surface area contributed by atoms with E-state index in [9.17, 15) is 21.6 Å². The summed E-state index contributed by atoms with van der Waals surface area (Å²) in [5, 5.41) is 4.87. The average Bonchev–Trinajstić information content (AvgIpc) is 2.43. The molecule has 0 fully saturated rings. The smallest absolute Gasteiger partial charge is 0.405 e. The van der Waals surface area contributed by atoms with Crippen molar-refractivity contribution in [3.8, 4) is 0 Å².